The van der Waals surface area contributed by atoms with Crippen LogP contribution in [0, 0.1) is 6.92 Å². The van der Waals surface area contributed by atoms with E-state index >= 15 is 0 Å². The van der Waals surface area contributed by atoms with Crippen molar-refractivity contribution in [3.8, 4) is 10.7 Å². The second-order valence-electron chi connectivity index (χ2n) is 4.27. The average Bonchev–Trinajstić information content (AvgIpc) is 2.83. The Bertz CT molecular complexity index is 719. The van der Waals surface area contributed by atoms with Gasteiger partial charge in [-0.05, 0) is 31.7 Å². The predicted octanol–water partition coefficient (Wildman–Crippen LogP) is 3.48. The van der Waals surface area contributed by atoms with E-state index in [9.17, 15) is 8.42 Å². The Morgan fingerprint density at radius 3 is 2.42 bits per heavy atom. The van der Waals surface area contributed by atoms with Gasteiger partial charge in [0.25, 0.3) is 14.2 Å². The van der Waals surface area contributed by atoms with Crippen molar-refractivity contribution in [2.24, 2.45) is 0 Å². The third-order valence-electron chi connectivity index (χ3n) is 2.50. The molecule has 0 spiro atoms. The Kier molecular flexibility index (Phi) is 3.92. The average molecular weight is 340 g/mol. The number of aryl methyl sites for hydroxylation is 1. The van der Waals surface area contributed by atoms with Crippen LogP contribution in [-0.4, -0.2) is 23.2 Å². The van der Waals surface area contributed by atoms with Gasteiger partial charge in [-0.15, -0.1) is 21.5 Å². The van der Waals surface area contributed by atoms with Crippen molar-refractivity contribution in [1.82, 2.24) is 14.8 Å². The third kappa shape index (κ3) is 2.65. The molecule has 0 radical (unpaired) electrons. The maximum atomic E-state index is 11.5. The Morgan fingerprint density at radius 1 is 1.37 bits per heavy atom. The highest BCUT2D eigenvalue weighted by Gasteiger charge is 2.26. The quantitative estimate of drug-likeness (QED) is 0.803. The lowest BCUT2D eigenvalue weighted by atomic mass is 10.3. The lowest BCUT2D eigenvalue weighted by molar-refractivity contribution is 0.531. The maximum Gasteiger partial charge on any atom is 0.296 e. The SMILES string of the molecule is Cc1csc(-c2nnc(S(=O)(=O)Cl)n2C(C)C)c1Cl. The number of thiophene rings is 1. The van der Waals surface area contributed by atoms with Gasteiger partial charge in [0.05, 0.1) is 9.90 Å². The molecular weight excluding hydrogens is 329 g/mol. The second-order valence-corrected chi connectivity index (χ2v) is 7.99. The van der Waals surface area contributed by atoms with E-state index in [4.69, 9.17) is 22.3 Å². The van der Waals surface area contributed by atoms with Crippen LogP contribution < -0.4 is 0 Å². The monoisotopic (exact) mass is 339 g/mol. The van der Waals surface area contributed by atoms with E-state index in [-0.39, 0.29) is 11.2 Å². The summed E-state index contributed by atoms with van der Waals surface area (Å²) < 4.78 is 24.5. The lowest BCUT2D eigenvalue weighted by Crippen LogP contribution is -2.09. The maximum absolute atomic E-state index is 11.5. The van der Waals surface area contributed by atoms with Crippen molar-refractivity contribution in [2.45, 2.75) is 32.0 Å². The largest absolute Gasteiger partial charge is 0.296 e. The van der Waals surface area contributed by atoms with Crippen LogP contribution in [0.3, 0.4) is 0 Å². The van der Waals surface area contributed by atoms with E-state index in [1.54, 1.807) is 0 Å². The normalized spacial score (nSPS) is 12.3. The number of hydrogen-bond acceptors (Lipinski definition) is 5. The zero-order valence-electron chi connectivity index (χ0n) is 10.4. The molecule has 9 heteroatoms. The minimum atomic E-state index is -3.95. The summed E-state index contributed by atoms with van der Waals surface area (Å²) in [6.45, 7) is 5.53. The minimum absolute atomic E-state index is 0.160. The Hall–Kier alpha value is -0.630. The van der Waals surface area contributed by atoms with Crippen molar-refractivity contribution in [1.29, 1.82) is 0 Å². The molecule has 0 fully saturated rings. The highest BCUT2D eigenvalue weighted by Crippen LogP contribution is 2.37. The van der Waals surface area contributed by atoms with E-state index in [0.717, 1.165) is 5.56 Å². The standard InChI is InChI=1S/C10H11Cl2N3O2S2/c1-5(2)15-9(8-7(11)6(3)4-18-8)13-14-10(15)19(12,16)17/h4-5H,1-3H3. The summed E-state index contributed by atoms with van der Waals surface area (Å²) >= 11 is 7.58. The molecule has 5 nitrogen and oxygen atoms in total. The first-order valence-corrected chi connectivity index (χ1v) is 8.93. The van der Waals surface area contributed by atoms with Crippen molar-refractivity contribution < 1.29 is 8.42 Å². The molecule has 2 aromatic heterocycles. The lowest BCUT2D eigenvalue weighted by Gasteiger charge is -2.11. The molecule has 0 aromatic carbocycles. The number of nitrogens with zero attached hydrogens (tertiary/aromatic N) is 3. The van der Waals surface area contributed by atoms with Crippen LogP contribution in [0.15, 0.2) is 10.5 Å². The fraction of sp³-hybridized carbons (Fsp3) is 0.400. The Balaban J connectivity index is 2.73. The van der Waals surface area contributed by atoms with Gasteiger partial charge in [0.1, 0.15) is 0 Å². The van der Waals surface area contributed by atoms with E-state index in [1.165, 1.54) is 15.9 Å². The Labute approximate surface area is 124 Å². The van der Waals surface area contributed by atoms with Crippen LogP contribution in [0.2, 0.25) is 5.02 Å². The predicted molar refractivity (Wildman–Crippen MR) is 76.5 cm³/mol. The molecule has 104 valence electrons. The van der Waals surface area contributed by atoms with Crippen molar-refractivity contribution in [2.75, 3.05) is 0 Å². The first-order valence-electron chi connectivity index (χ1n) is 5.37. The van der Waals surface area contributed by atoms with Gasteiger partial charge < -0.3 is 0 Å². The number of rotatable bonds is 3. The molecule has 0 aliphatic rings. The topological polar surface area (TPSA) is 64.8 Å². The molecular formula is C10H11Cl2N3O2S2. The van der Waals surface area contributed by atoms with Crippen molar-refractivity contribution >= 4 is 42.7 Å². The van der Waals surface area contributed by atoms with Gasteiger partial charge in [0.15, 0.2) is 5.82 Å². The molecule has 0 saturated heterocycles. The summed E-state index contributed by atoms with van der Waals surface area (Å²) in [4.78, 5) is 0.687. The zero-order valence-corrected chi connectivity index (χ0v) is 13.5. The van der Waals surface area contributed by atoms with Gasteiger partial charge in [0.2, 0.25) is 0 Å². The second kappa shape index (κ2) is 5.05. The summed E-state index contributed by atoms with van der Waals surface area (Å²) in [6.07, 6.45) is 0. The highest BCUT2D eigenvalue weighted by molar-refractivity contribution is 8.13. The summed E-state index contributed by atoms with van der Waals surface area (Å²) in [7, 11) is 1.42. The first kappa shape index (κ1) is 14.8. The number of halogens is 2. The number of aromatic nitrogens is 3. The molecule has 2 rings (SSSR count). The molecule has 0 amide bonds. The Morgan fingerprint density at radius 2 is 2.00 bits per heavy atom. The molecule has 0 unspecified atom stereocenters. The number of hydrogen-bond donors (Lipinski definition) is 0. The van der Waals surface area contributed by atoms with Crippen molar-refractivity contribution in [3.05, 3.63) is 16.0 Å². The molecule has 0 aliphatic carbocycles. The van der Waals surface area contributed by atoms with E-state index in [1.807, 2.05) is 26.2 Å². The summed E-state index contributed by atoms with van der Waals surface area (Å²) in [6, 6.07) is -0.160. The fourth-order valence-electron chi connectivity index (χ4n) is 1.64. The van der Waals surface area contributed by atoms with Crippen LogP contribution in [0.4, 0.5) is 0 Å². The van der Waals surface area contributed by atoms with Crippen LogP contribution in [0.1, 0.15) is 25.5 Å². The summed E-state index contributed by atoms with van der Waals surface area (Å²) in [5, 5.41) is 9.77. The molecule has 2 aromatic rings. The highest BCUT2D eigenvalue weighted by atomic mass is 35.7. The van der Waals surface area contributed by atoms with Gasteiger partial charge in [-0.2, -0.15) is 0 Å². The molecule has 0 aliphatic heterocycles. The van der Waals surface area contributed by atoms with E-state index in [0.29, 0.717) is 15.7 Å². The van der Waals surface area contributed by atoms with Crippen LogP contribution in [0.5, 0.6) is 0 Å². The molecule has 19 heavy (non-hydrogen) atoms. The van der Waals surface area contributed by atoms with Gasteiger partial charge in [-0.25, -0.2) is 8.42 Å². The van der Waals surface area contributed by atoms with Gasteiger partial charge in [0, 0.05) is 16.7 Å². The zero-order chi connectivity index (χ0) is 14.4. The molecule has 0 bridgehead atoms. The minimum Gasteiger partial charge on any atom is -0.294 e. The van der Waals surface area contributed by atoms with Crippen molar-refractivity contribution in [3.63, 3.8) is 0 Å². The van der Waals surface area contributed by atoms with E-state index in [2.05, 4.69) is 10.2 Å². The summed E-state index contributed by atoms with van der Waals surface area (Å²) in [5.74, 6) is 0.414. The summed E-state index contributed by atoms with van der Waals surface area (Å²) in [5.41, 5.74) is 0.912. The van der Waals surface area contributed by atoms with Crippen LogP contribution in [-0.2, 0) is 9.05 Å². The van der Waals surface area contributed by atoms with Gasteiger partial charge >= 0.3 is 0 Å². The van der Waals surface area contributed by atoms with Crippen LogP contribution in [0.25, 0.3) is 10.7 Å². The molecule has 0 N–H and O–H groups in total. The molecule has 0 saturated carbocycles. The van der Waals surface area contributed by atoms with Gasteiger partial charge in [-0.1, -0.05) is 11.6 Å². The third-order valence-corrected chi connectivity index (χ3v) is 5.32. The molecule has 2 heterocycles. The van der Waals surface area contributed by atoms with Crippen LogP contribution >= 0.6 is 33.6 Å². The fourth-order valence-corrected chi connectivity index (χ4v) is 3.89. The first-order chi connectivity index (χ1) is 8.73. The smallest absolute Gasteiger partial charge is 0.294 e. The van der Waals surface area contributed by atoms with E-state index < -0.39 is 9.05 Å². The van der Waals surface area contributed by atoms with Gasteiger partial charge in [-0.3, -0.25) is 4.57 Å². The molecule has 0 atom stereocenters.